The monoisotopic (exact) mass is 428 g/mol. The summed E-state index contributed by atoms with van der Waals surface area (Å²) in [6, 6.07) is 25.9. The third-order valence-corrected chi connectivity index (χ3v) is 4.76. The Morgan fingerprint density at radius 3 is 2.00 bits per heavy atom. The van der Waals surface area contributed by atoms with Gasteiger partial charge in [0.15, 0.2) is 0 Å². The van der Waals surface area contributed by atoms with Crippen molar-refractivity contribution < 1.29 is 10.2 Å². The lowest BCUT2D eigenvalue weighted by Gasteiger charge is -2.20. The van der Waals surface area contributed by atoms with E-state index in [1.54, 1.807) is 30.7 Å². The zero-order chi connectivity index (χ0) is 22.4. The Morgan fingerprint density at radius 2 is 1.38 bits per heavy atom. The number of aromatic hydroxyl groups is 2. The van der Waals surface area contributed by atoms with Crippen molar-refractivity contribution >= 4 is 0 Å². The number of hydrogen-bond acceptors (Lipinski definition) is 6. The van der Waals surface area contributed by atoms with Crippen molar-refractivity contribution in [1.29, 1.82) is 0 Å². The molecule has 0 aliphatic rings. The first-order valence-electron chi connectivity index (χ1n) is 10.5. The van der Waals surface area contributed by atoms with Crippen LogP contribution in [0.5, 0.6) is 11.5 Å². The van der Waals surface area contributed by atoms with E-state index in [1.165, 1.54) is 0 Å². The molecule has 4 N–H and O–H groups in total. The lowest BCUT2D eigenvalue weighted by molar-refractivity contribution is 0.452. The Morgan fingerprint density at radius 1 is 0.688 bits per heavy atom. The van der Waals surface area contributed by atoms with Crippen LogP contribution in [0.4, 0.5) is 0 Å². The third-order valence-electron chi connectivity index (χ3n) is 4.76. The van der Waals surface area contributed by atoms with Gasteiger partial charge in [0, 0.05) is 49.4 Å². The molecule has 6 nitrogen and oxygen atoms in total. The molecule has 164 valence electrons. The quantitative estimate of drug-likeness (QED) is 0.317. The molecule has 6 heteroatoms. The van der Waals surface area contributed by atoms with Gasteiger partial charge in [-0.05, 0) is 36.4 Å². The van der Waals surface area contributed by atoms with E-state index in [2.05, 4.69) is 20.6 Å². The zero-order valence-corrected chi connectivity index (χ0v) is 17.8. The topological polar surface area (TPSA) is 90.3 Å². The van der Waals surface area contributed by atoms with Crippen LogP contribution in [0.2, 0.25) is 0 Å². The highest BCUT2D eigenvalue weighted by Crippen LogP contribution is 2.27. The summed E-state index contributed by atoms with van der Waals surface area (Å²) in [5.74, 6) is 0.548. The van der Waals surface area contributed by atoms with Gasteiger partial charge in [-0.15, -0.1) is 0 Å². The van der Waals surface area contributed by atoms with Gasteiger partial charge < -0.3 is 20.8 Å². The van der Waals surface area contributed by atoms with Crippen molar-refractivity contribution in [3.05, 3.63) is 120 Å². The summed E-state index contributed by atoms with van der Waals surface area (Å²) in [6.45, 7) is 1.99. The smallest absolute Gasteiger partial charge is 0.120 e. The minimum atomic E-state index is -0.190. The Labute approximate surface area is 188 Å². The van der Waals surface area contributed by atoms with Gasteiger partial charge in [-0.2, -0.15) is 0 Å². The van der Waals surface area contributed by atoms with Crippen molar-refractivity contribution in [1.82, 2.24) is 20.6 Å². The number of phenolic OH excluding ortho intramolecular Hbond substituents is 2. The molecule has 0 radical (unpaired) electrons. The molecule has 2 aromatic carbocycles. The minimum Gasteiger partial charge on any atom is -0.508 e. The SMILES string of the molecule is Oc1ccccc1CNCCNC(c1ccccn1)c1ccccc1O.c1ccncc1. The number of aromatic nitrogens is 2. The van der Waals surface area contributed by atoms with E-state index >= 15 is 0 Å². The fourth-order valence-electron chi connectivity index (χ4n) is 3.15. The molecule has 0 saturated carbocycles. The molecule has 1 atom stereocenters. The van der Waals surface area contributed by atoms with Crippen molar-refractivity contribution in [3.8, 4) is 11.5 Å². The van der Waals surface area contributed by atoms with Gasteiger partial charge in [-0.3, -0.25) is 9.97 Å². The van der Waals surface area contributed by atoms with Crippen LogP contribution in [-0.2, 0) is 6.54 Å². The predicted octanol–water partition coefficient (Wildman–Crippen LogP) is 4.04. The molecule has 4 aromatic rings. The molecule has 4 rings (SSSR count). The summed E-state index contributed by atoms with van der Waals surface area (Å²) in [6.07, 6.45) is 5.25. The Hall–Kier alpha value is -3.74. The first kappa shape index (κ1) is 22.9. The van der Waals surface area contributed by atoms with Crippen LogP contribution in [0.1, 0.15) is 22.9 Å². The van der Waals surface area contributed by atoms with Gasteiger partial charge in [0.1, 0.15) is 11.5 Å². The summed E-state index contributed by atoms with van der Waals surface area (Å²) in [7, 11) is 0. The molecule has 2 heterocycles. The normalized spacial score (nSPS) is 11.2. The molecule has 0 aliphatic heterocycles. The summed E-state index contributed by atoms with van der Waals surface area (Å²) in [5, 5.41) is 26.8. The number of hydrogen-bond donors (Lipinski definition) is 4. The van der Waals surface area contributed by atoms with Crippen LogP contribution in [0.25, 0.3) is 0 Å². The maximum Gasteiger partial charge on any atom is 0.120 e. The first-order chi connectivity index (χ1) is 15.8. The lowest BCUT2D eigenvalue weighted by atomic mass is 10.0. The highest BCUT2D eigenvalue weighted by Gasteiger charge is 2.17. The number of rotatable bonds is 8. The van der Waals surface area contributed by atoms with E-state index in [0.29, 0.717) is 25.4 Å². The van der Waals surface area contributed by atoms with Gasteiger partial charge >= 0.3 is 0 Å². The fraction of sp³-hybridized carbons (Fsp3) is 0.154. The van der Waals surface area contributed by atoms with E-state index in [4.69, 9.17) is 0 Å². The molecule has 0 amide bonds. The van der Waals surface area contributed by atoms with E-state index in [0.717, 1.165) is 16.8 Å². The summed E-state index contributed by atoms with van der Waals surface area (Å²) in [4.78, 5) is 8.21. The second-order valence-electron chi connectivity index (χ2n) is 7.03. The van der Waals surface area contributed by atoms with E-state index < -0.39 is 0 Å². The van der Waals surface area contributed by atoms with Crippen LogP contribution >= 0.6 is 0 Å². The van der Waals surface area contributed by atoms with Gasteiger partial charge in [0.2, 0.25) is 0 Å². The van der Waals surface area contributed by atoms with Gasteiger partial charge in [0.25, 0.3) is 0 Å². The molecule has 2 aromatic heterocycles. The van der Waals surface area contributed by atoms with Crippen molar-refractivity contribution in [3.63, 3.8) is 0 Å². The maximum absolute atomic E-state index is 10.2. The number of pyridine rings is 2. The molecule has 32 heavy (non-hydrogen) atoms. The Bertz CT molecular complexity index is 1020. The van der Waals surface area contributed by atoms with Crippen LogP contribution in [0.15, 0.2) is 104 Å². The predicted molar refractivity (Wildman–Crippen MR) is 126 cm³/mol. The number of para-hydroxylation sites is 2. The number of nitrogens with one attached hydrogen (secondary N) is 2. The molecular formula is C26H28N4O2. The van der Waals surface area contributed by atoms with Gasteiger partial charge in [-0.25, -0.2) is 0 Å². The van der Waals surface area contributed by atoms with E-state index in [1.807, 2.05) is 72.8 Å². The molecule has 0 saturated heterocycles. The van der Waals surface area contributed by atoms with Crippen molar-refractivity contribution in [2.24, 2.45) is 0 Å². The Kier molecular flexibility index (Phi) is 9.20. The van der Waals surface area contributed by atoms with Crippen molar-refractivity contribution in [2.75, 3.05) is 13.1 Å². The van der Waals surface area contributed by atoms with Crippen LogP contribution in [-0.4, -0.2) is 33.3 Å². The van der Waals surface area contributed by atoms with Gasteiger partial charge in [0.05, 0.1) is 11.7 Å². The molecule has 0 bridgehead atoms. The van der Waals surface area contributed by atoms with E-state index in [9.17, 15) is 10.2 Å². The molecule has 1 unspecified atom stereocenters. The van der Waals surface area contributed by atoms with Crippen LogP contribution in [0.3, 0.4) is 0 Å². The zero-order valence-electron chi connectivity index (χ0n) is 17.8. The fourth-order valence-corrected chi connectivity index (χ4v) is 3.15. The summed E-state index contributed by atoms with van der Waals surface area (Å²) < 4.78 is 0. The summed E-state index contributed by atoms with van der Waals surface area (Å²) in [5.41, 5.74) is 2.52. The minimum absolute atomic E-state index is 0.190. The lowest BCUT2D eigenvalue weighted by Crippen LogP contribution is -2.31. The largest absolute Gasteiger partial charge is 0.508 e. The van der Waals surface area contributed by atoms with Crippen molar-refractivity contribution in [2.45, 2.75) is 12.6 Å². The van der Waals surface area contributed by atoms with Crippen LogP contribution < -0.4 is 10.6 Å². The van der Waals surface area contributed by atoms with E-state index in [-0.39, 0.29) is 11.8 Å². The third kappa shape index (κ3) is 7.19. The maximum atomic E-state index is 10.2. The second-order valence-corrected chi connectivity index (χ2v) is 7.03. The number of phenols is 2. The standard InChI is InChI=1S/C21H23N3O2.C5H5N/c25-19-10-3-1-7-16(19)15-22-13-14-24-21(18-9-5-6-12-23-18)17-8-2-4-11-20(17)26;1-2-4-6-5-3-1/h1-12,21-22,24-26H,13-15H2;1-5H. The molecule has 0 spiro atoms. The highest BCUT2D eigenvalue weighted by molar-refractivity contribution is 5.38. The average Bonchev–Trinajstić information content (AvgIpc) is 2.85. The number of nitrogens with zero attached hydrogens (tertiary/aromatic N) is 2. The second kappa shape index (κ2) is 12.8. The first-order valence-corrected chi connectivity index (χ1v) is 10.5. The molecule has 0 fully saturated rings. The summed E-state index contributed by atoms with van der Waals surface area (Å²) >= 11 is 0. The Balaban J connectivity index is 0.000000416. The average molecular weight is 429 g/mol. The highest BCUT2D eigenvalue weighted by atomic mass is 16.3. The molecule has 0 aliphatic carbocycles. The number of benzene rings is 2. The van der Waals surface area contributed by atoms with Gasteiger partial charge in [-0.1, -0.05) is 48.5 Å². The molecular weight excluding hydrogens is 400 g/mol. The van der Waals surface area contributed by atoms with Crippen LogP contribution in [0, 0.1) is 0 Å².